The van der Waals surface area contributed by atoms with Gasteiger partial charge in [-0.25, -0.2) is 14.2 Å². The summed E-state index contributed by atoms with van der Waals surface area (Å²) < 4.78 is 16.2. The lowest BCUT2D eigenvalue weighted by molar-refractivity contribution is 0.614. The number of rotatable bonds is 4. The lowest BCUT2D eigenvalue weighted by Gasteiger charge is -2.14. The van der Waals surface area contributed by atoms with Crippen molar-refractivity contribution in [3.8, 4) is 0 Å². The van der Waals surface area contributed by atoms with E-state index in [1.54, 1.807) is 24.3 Å². The van der Waals surface area contributed by atoms with E-state index in [-0.39, 0.29) is 24.4 Å². The van der Waals surface area contributed by atoms with Crippen LogP contribution in [0.15, 0.2) is 82.5 Å². The van der Waals surface area contributed by atoms with Crippen LogP contribution in [0.3, 0.4) is 0 Å². The molecule has 134 valence electrons. The smallest absolute Gasteiger partial charge is 0.287 e. The van der Waals surface area contributed by atoms with Crippen molar-refractivity contribution in [3.05, 3.63) is 111 Å². The van der Waals surface area contributed by atoms with Crippen molar-refractivity contribution >= 4 is 11.0 Å². The topological polar surface area (TPSA) is 56.9 Å². The molecule has 6 heteroatoms. The molecule has 0 aliphatic heterocycles. The molecule has 0 fully saturated rings. The quantitative estimate of drug-likeness (QED) is 0.562. The summed E-state index contributed by atoms with van der Waals surface area (Å²) in [6.45, 7) is 0.294. The minimum atomic E-state index is -0.450. The van der Waals surface area contributed by atoms with Gasteiger partial charge in [0.25, 0.3) is 5.56 Å². The Hall–Kier alpha value is -3.54. The lowest BCUT2D eigenvalue weighted by atomic mass is 10.2. The molecule has 2 aromatic carbocycles. The fourth-order valence-electron chi connectivity index (χ4n) is 3.12. The number of hydrogen-bond acceptors (Lipinski definition) is 3. The molecule has 0 atom stereocenters. The molecular formula is C21H16FN3O2. The van der Waals surface area contributed by atoms with E-state index in [0.29, 0.717) is 11.1 Å². The average molecular weight is 361 g/mol. The van der Waals surface area contributed by atoms with Crippen LogP contribution in [0.4, 0.5) is 4.39 Å². The maximum Gasteiger partial charge on any atom is 0.332 e. The summed E-state index contributed by atoms with van der Waals surface area (Å²) in [5.74, 6) is -0.374. The molecule has 0 aliphatic rings. The van der Waals surface area contributed by atoms with Gasteiger partial charge >= 0.3 is 5.69 Å². The molecule has 4 rings (SSSR count). The first kappa shape index (κ1) is 16.9. The van der Waals surface area contributed by atoms with E-state index in [1.807, 2.05) is 30.3 Å². The van der Waals surface area contributed by atoms with Crippen molar-refractivity contribution < 1.29 is 4.39 Å². The summed E-state index contributed by atoms with van der Waals surface area (Å²) in [6.07, 6.45) is 1.52. The van der Waals surface area contributed by atoms with E-state index in [1.165, 1.54) is 27.5 Å². The molecular weight excluding hydrogens is 345 g/mol. The van der Waals surface area contributed by atoms with Gasteiger partial charge in [0.15, 0.2) is 5.52 Å². The average Bonchev–Trinajstić information content (AvgIpc) is 2.69. The van der Waals surface area contributed by atoms with Gasteiger partial charge in [0, 0.05) is 6.20 Å². The van der Waals surface area contributed by atoms with Crippen molar-refractivity contribution in [2.24, 2.45) is 0 Å². The molecule has 0 saturated carbocycles. The Kier molecular flexibility index (Phi) is 4.38. The van der Waals surface area contributed by atoms with Gasteiger partial charge in [0.2, 0.25) is 0 Å². The second-order valence-corrected chi connectivity index (χ2v) is 6.25. The van der Waals surface area contributed by atoms with Gasteiger partial charge in [0.05, 0.1) is 18.6 Å². The Bertz CT molecular complexity index is 1230. The van der Waals surface area contributed by atoms with Gasteiger partial charge in [-0.1, -0.05) is 42.5 Å². The predicted molar refractivity (Wildman–Crippen MR) is 101 cm³/mol. The number of nitrogens with zero attached hydrogens (tertiary/aromatic N) is 3. The second kappa shape index (κ2) is 6.99. The normalized spacial score (nSPS) is 11.0. The van der Waals surface area contributed by atoms with E-state index in [9.17, 15) is 14.0 Å². The third-order valence-corrected chi connectivity index (χ3v) is 4.40. The first-order valence-corrected chi connectivity index (χ1v) is 8.50. The number of halogens is 1. The highest BCUT2D eigenvalue weighted by atomic mass is 19.1. The van der Waals surface area contributed by atoms with Crippen LogP contribution >= 0.6 is 0 Å². The Balaban J connectivity index is 1.92. The maximum atomic E-state index is 13.6. The first-order chi connectivity index (χ1) is 13.1. The number of fused-ring (bicyclic) bond motifs is 1. The third-order valence-electron chi connectivity index (χ3n) is 4.40. The van der Waals surface area contributed by atoms with Crippen LogP contribution in [0, 0.1) is 5.82 Å². The summed E-state index contributed by atoms with van der Waals surface area (Å²) in [5, 5.41) is 0. The fourth-order valence-corrected chi connectivity index (χ4v) is 3.12. The minimum Gasteiger partial charge on any atom is -0.287 e. The highest BCUT2D eigenvalue weighted by molar-refractivity contribution is 5.73. The van der Waals surface area contributed by atoms with Crippen LogP contribution < -0.4 is 11.2 Å². The van der Waals surface area contributed by atoms with Crippen molar-refractivity contribution in [2.45, 2.75) is 13.1 Å². The first-order valence-electron chi connectivity index (χ1n) is 8.50. The highest BCUT2D eigenvalue weighted by Gasteiger charge is 2.14. The molecule has 0 saturated heterocycles. The molecule has 5 nitrogen and oxygen atoms in total. The zero-order chi connectivity index (χ0) is 18.8. The fraction of sp³-hybridized carbons (Fsp3) is 0.0952. The Labute approximate surface area is 154 Å². The third kappa shape index (κ3) is 3.29. The zero-order valence-electron chi connectivity index (χ0n) is 14.4. The molecule has 0 aliphatic carbocycles. The van der Waals surface area contributed by atoms with E-state index < -0.39 is 11.2 Å². The maximum absolute atomic E-state index is 13.6. The highest BCUT2D eigenvalue weighted by Crippen LogP contribution is 2.10. The van der Waals surface area contributed by atoms with Gasteiger partial charge in [0.1, 0.15) is 5.82 Å². The molecule has 0 radical (unpaired) electrons. The van der Waals surface area contributed by atoms with Gasteiger partial charge in [-0.15, -0.1) is 0 Å². The van der Waals surface area contributed by atoms with Crippen molar-refractivity contribution in [1.29, 1.82) is 0 Å². The lowest BCUT2D eigenvalue weighted by Crippen LogP contribution is -2.40. The second-order valence-electron chi connectivity index (χ2n) is 6.25. The number of benzene rings is 2. The monoisotopic (exact) mass is 361 g/mol. The Morgan fingerprint density at radius 2 is 1.56 bits per heavy atom. The van der Waals surface area contributed by atoms with Crippen LogP contribution in [-0.4, -0.2) is 14.1 Å². The summed E-state index contributed by atoms with van der Waals surface area (Å²) in [4.78, 5) is 30.1. The standard InChI is InChI=1S/C21H16FN3O2/c22-17-9-4-8-16(12-17)14-24-18-10-5-11-23-19(18)20(26)25(21(24)27)13-15-6-2-1-3-7-15/h1-12H,13-14H2. The Morgan fingerprint density at radius 3 is 2.33 bits per heavy atom. The van der Waals surface area contributed by atoms with Crippen LogP contribution in [0.1, 0.15) is 11.1 Å². The molecule has 4 aromatic rings. The number of hydrogen-bond donors (Lipinski definition) is 0. The zero-order valence-corrected chi connectivity index (χ0v) is 14.4. The molecule has 2 aromatic heterocycles. The van der Waals surface area contributed by atoms with Crippen molar-refractivity contribution in [3.63, 3.8) is 0 Å². The summed E-state index contributed by atoms with van der Waals surface area (Å²) in [7, 11) is 0. The molecule has 0 spiro atoms. The summed E-state index contributed by atoms with van der Waals surface area (Å²) in [5.41, 5.74) is 1.23. The molecule has 2 heterocycles. The van der Waals surface area contributed by atoms with Crippen molar-refractivity contribution in [2.75, 3.05) is 0 Å². The van der Waals surface area contributed by atoms with E-state index in [0.717, 1.165) is 5.56 Å². The van der Waals surface area contributed by atoms with Crippen LogP contribution in [0.5, 0.6) is 0 Å². The Morgan fingerprint density at radius 1 is 0.815 bits per heavy atom. The molecule has 27 heavy (non-hydrogen) atoms. The van der Waals surface area contributed by atoms with Crippen LogP contribution in [0.2, 0.25) is 0 Å². The van der Waals surface area contributed by atoms with Gasteiger partial charge in [-0.05, 0) is 35.4 Å². The number of pyridine rings is 1. The minimum absolute atomic E-state index is 0.147. The van der Waals surface area contributed by atoms with Gasteiger partial charge in [-0.2, -0.15) is 0 Å². The SMILES string of the molecule is O=c1c2ncccc2n(Cc2cccc(F)c2)c(=O)n1Cc1ccccc1. The molecule has 0 bridgehead atoms. The van der Waals surface area contributed by atoms with E-state index >= 15 is 0 Å². The van der Waals surface area contributed by atoms with Gasteiger partial charge < -0.3 is 0 Å². The van der Waals surface area contributed by atoms with Crippen molar-refractivity contribution in [1.82, 2.24) is 14.1 Å². The van der Waals surface area contributed by atoms with E-state index in [4.69, 9.17) is 0 Å². The molecule has 0 unspecified atom stereocenters. The molecule has 0 N–H and O–H groups in total. The largest absolute Gasteiger partial charge is 0.332 e. The van der Waals surface area contributed by atoms with Crippen LogP contribution in [0.25, 0.3) is 11.0 Å². The van der Waals surface area contributed by atoms with Crippen LogP contribution in [-0.2, 0) is 13.1 Å². The van der Waals surface area contributed by atoms with E-state index in [2.05, 4.69) is 4.98 Å². The number of aromatic nitrogens is 3. The summed E-state index contributed by atoms with van der Waals surface area (Å²) >= 11 is 0. The predicted octanol–water partition coefficient (Wildman–Crippen LogP) is 2.79. The summed E-state index contributed by atoms with van der Waals surface area (Å²) in [6, 6.07) is 18.7. The van der Waals surface area contributed by atoms with Gasteiger partial charge in [-0.3, -0.25) is 13.9 Å². The molecule has 0 amide bonds.